The summed E-state index contributed by atoms with van der Waals surface area (Å²) in [6.07, 6.45) is 3.05. The number of carbonyl (C=O) groups excluding carboxylic acids is 1. The molecule has 1 aromatic carbocycles. The van der Waals surface area contributed by atoms with Crippen molar-refractivity contribution >= 4 is 21.8 Å². The van der Waals surface area contributed by atoms with Gasteiger partial charge in [-0.25, -0.2) is 4.39 Å². The molecule has 106 valence electrons. The number of benzene rings is 1. The highest BCUT2D eigenvalue weighted by Gasteiger charge is 2.16. The lowest BCUT2D eigenvalue weighted by atomic mass is 10.1. The van der Waals surface area contributed by atoms with Crippen LogP contribution in [0.1, 0.15) is 29.6 Å². The van der Waals surface area contributed by atoms with Crippen molar-refractivity contribution in [3.05, 3.63) is 29.6 Å². The van der Waals surface area contributed by atoms with E-state index in [1.54, 1.807) is 18.0 Å². The SMILES string of the molecule is COc1ccc(C(=O)N(C)CCCCCBr)c(F)c1. The van der Waals surface area contributed by atoms with Crippen molar-refractivity contribution in [2.45, 2.75) is 19.3 Å². The highest BCUT2D eigenvalue weighted by atomic mass is 79.9. The first kappa shape index (κ1) is 16.0. The second-order valence-electron chi connectivity index (χ2n) is 4.32. The molecule has 1 aromatic rings. The van der Waals surface area contributed by atoms with E-state index in [1.807, 2.05) is 0 Å². The van der Waals surface area contributed by atoms with Crippen LogP contribution in [0.2, 0.25) is 0 Å². The first-order chi connectivity index (χ1) is 9.10. The summed E-state index contributed by atoms with van der Waals surface area (Å²) in [7, 11) is 3.16. The van der Waals surface area contributed by atoms with Gasteiger partial charge in [-0.2, -0.15) is 0 Å². The third kappa shape index (κ3) is 4.82. The third-order valence-corrected chi connectivity index (χ3v) is 3.44. The molecule has 0 saturated carbocycles. The molecule has 0 unspecified atom stereocenters. The van der Waals surface area contributed by atoms with Gasteiger partial charge in [-0.3, -0.25) is 4.79 Å². The van der Waals surface area contributed by atoms with Crippen molar-refractivity contribution in [3.63, 3.8) is 0 Å². The van der Waals surface area contributed by atoms with Crippen LogP contribution in [-0.2, 0) is 0 Å². The molecule has 0 atom stereocenters. The normalized spacial score (nSPS) is 10.3. The van der Waals surface area contributed by atoms with Crippen LogP contribution >= 0.6 is 15.9 Å². The minimum atomic E-state index is -0.545. The molecule has 5 heteroatoms. The number of hydrogen-bond acceptors (Lipinski definition) is 2. The molecule has 0 radical (unpaired) electrons. The van der Waals surface area contributed by atoms with Crippen LogP contribution in [0.5, 0.6) is 5.75 Å². The van der Waals surface area contributed by atoms with Gasteiger partial charge in [-0.05, 0) is 25.0 Å². The van der Waals surface area contributed by atoms with E-state index in [0.29, 0.717) is 12.3 Å². The van der Waals surface area contributed by atoms with Crippen molar-refractivity contribution in [2.75, 3.05) is 26.0 Å². The van der Waals surface area contributed by atoms with Crippen LogP contribution < -0.4 is 4.74 Å². The Labute approximate surface area is 121 Å². The van der Waals surface area contributed by atoms with Crippen molar-refractivity contribution in [2.24, 2.45) is 0 Å². The molecule has 0 aromatic heterocycles. The summed E-state index contributed by atoms with van der Waals surface area (Å²) < 4.78 is 18.7. The van der Waals surface area contributed by atoms with Crippen molar-refractivity contribution < 1.29 is 13.9 Å². The van der Waals surface area contributed by atoms with E-state index in [9.17, 15) is 9.18 Å². The molecular weight excluding hydrogens is 313 g/mol. The summed E-state index contributed by atoms with van der Waals surface area (Å²) in [5, 5.41) is 0.970. The lowest BCUT2D eigenvalue weighted by molar-refractivity contribution is 0.0788. The summed E-state index contributed by atoms with van der Waals surface area (Å²) in [6, 6.07) is 4.28. The number of alkyl halides is 1. The highest BCUT2D eigenvalue weighted by Crippen LogP contribution is 2.17. The average Bonchev–Trinajstić information content (AvgIpc) is 2.42. The van der Waals surface area contributed by atoms with E-state index >= 15 is 0 Å². The maximum absolute atomic E-state index is 13.8. The molecule has 0 aliphatic heterocycles. The van der Waals surface area contributed by atoms with E-state index in [2.05, 4.69) is 15.9 Å². The zero-order chi connectivity index (χ0) is 14.3. The number of ether oxygens (including phenoxy) is 1. The number of halogens is 2. The summed E-state index contributed by atoms with van der Waals surface area (Å²) in [4.78, 5) is 13.6. The molecule has 0 saturated heterocycles. The van der Waals surface area contributed by atoms with E-state index in [4.69, 9.17) is 4.74 Å². The Hall–Kier alpha value is -1.10. The van der Waals surface area contributed by atoms with Gasteiger partial charge >= 0.3 is 0 Å². The second kappa shape index (κ2) is 8.15. The van der Waals surface area contributed by atoms with Crippen molar-refractivity contribution in [3.8, 4) is 5.75 Å². The van der Waals surface area contributed by atoms with Crippen LogP contribution in [0.25, 0.3) is 0 Å². The zero-order valence-corrected chi connectivity index (χ0v) is 12.9. The second-order valence-corrected chi connectivity index (χ2v) is 5.12. The Bertz CT molecular complexity index is 426. The van der Waals surface area contributed by atoms with Gasteiger partial charge in [0.25, 0.3) is 5.91 Å². The molecule has 0 aliphatic carbocycles. The fraction of sp³-hybridized carbons (Fsp3) is 0.500. The predicted octanol–water partition coefficient (Wildman–Crippen LogP) is 3.47. The van der Waals surface area contributed by atoms with Crippen molar-refractivity contribution in [1.29, 1.82) is 0 Å². The Kier molecular flexibility index (Phi) is 6.84. The number of amides is 1. The van der Waals surface area contributed by atoms with Gasteiger partial charge in [-0.15, -0.1) is 0 Å². The Morgan fingerprint density at radius 2 is 2.11 bits per heavy atom. The fourth-order valence-electron chi connectivity index (χ4n) is 1.72. The molecule has 19 heavy (non-hydrogen) atoms. The van der Waals surface area contributed by atoms with Crippen LogP contribution in [0, 0.1) is 5.82 Å². The molecule has 0 N–H and O–H groups in total. The number of nitrogens with zero attached hydrogens (tertiary/aromatic N) is 1. The average molecular weight is 332 g/mol. The molecule has 1 rings (SSSR count). The highest BCUT2D eigenvalue weighted by molar-refractivity contribution is 9.09. The van der Waals surface area contributed by atoms with Gasteiger partial charge in [0.2, 0.25) is 0 Å². The number of carbonyl (C=O) groups is 1. The van der Waals surface area contributed by atoms with Gasteiger partial charge in [0, 0.05) is 25.0 Å². The molecule has 0 heterocycles. The van der Waals surface area contributed by atoms with Crippen LogP contribution in [0.3, 0.4) is 0 Å². The summed E-state index contributed by atoms with van der Waals surface area (Å²) in [6.45, 7) is 0.636. The van der Waals surface area contributed by atoms with Gasteiger partial charge in [0.15, 0.2) is 0 Å². The predicted molar refractivity (Wildman–Crippen MR) is 77.6 cm³/mol. The lowest BCUT2D eigenvalue weighted by Crippen LogP contribution is -2.28. The number of methoxy groups -OCH3 is 1. The van der Waals surface area contributed by atoms with Gasteiger partial charge in [-0.1, -0.05) is 22.4 Å². The van der Waals surface area contributed by atoms with Gasteiger partial charge < -0.3 is 9.64 Å². The quantitative estimate of drug-likeness (QED) is 0.565. The summed E-state index contributed by atoms with van der Waals surface area (Å²) >= 11 is 3.36. The summed E-state index contributed by atoms with van der Waals surface area (Å²) in [5.74, 6) is -0.426. The largest absolute Gasteiger partial charge is 0.497 e. The first-order valence-corrected chi connectivity index (χ1v) is 7.37. The summed E-state index contributed by atoms with van der Waals surface area (Å²) in [5.41, 5.74) is 0.0868. The molecule has 0 aliphatic rings. The third-order valence-electron chi connectivity index (χ3n) is 2.88. The standard InChI is InChI=1S/C14H19BrFNO2/c1-17(9-5-3-4-8-15)14(18)12-7-6-11(19-2)10-13(12)16/h6-7,10H,3-5,8-9H2,1-2H3. The topological polar surface area (TPSA) is 29.5 Å². The monoisotopic (exact) mass is 331 g/mol. The lowest BCUT2D eigenvalue weighted by Gasteiger charge is -2.17. The Morgan fingerprint density at radius 3 is 2.68 bits per heavy atom. The van der Waals surface area contributed by atoms with Gasteiger partial charge in [0.05, 0.1) is 12.7 Å². The minimum absolute atomic E-state index is 0.0868. The molecular formula is C14H19BrFNO2. The zero-order valence-electron chi connectivity index (χ0n) is 11.3. The minimum Gasteiger partial charge on any atom is -0.497 e. The maximum Gasteiger partial charge on any atom is 0.256 e. The van der Waals surface area contributed by atoms with E-state index in [0.717, 1.165) is 24.6 Å². The molecule has 0 spiro atoms. The first-order valence-electron chi connectivity index (χ1n) is 6.25. The molecule has 1 amide bonds. The van der Waals surface area contributed by atoms with E-state index in [1.165, 1.54) is 19.2 Å². The maximum atomic E-state index is 13.8. The smallest absolute Gasteiger partial charge is 0.256 e. The van der Waals surface area contributed by atoms with Gasteiger partial charge in [0.1, 0.15) is 11.6 Å². The fourth-order valence-corrected chi connectivity index (χ4v) is 2.12. The number of hydrogen-bond donors (Lipinski definition) is 0. The van der Waals surface area contributed by atoms with E-state index in [-0.39, 0.29) is 11.5 Å². The Morgan fingerprint density at radius 1 is 1.37 bits per heavy atom. The Balaban J connectivity index is 2.61. The molecule has 3 nitrogen and oxygen atoms in total. The molecule has 0 fully saturated rings. The van der Waals surface area contributed by atoms with Crippen LogP contribution in [0.4, 0.5) is 4.39 Å². The van der Waals surface area contributed by atoms with Crippen LogP contribution in [-0.4, -0.2) is 36.8 Å². The van der Waals surface area contributed by atoms with E-state index < -0.39 is 5.82 Å². The van der Waals surface area contributed by atoms with Crippen LogP contribution in [0.15, 0.2) is 18.2 Å². The number of unbranched alkanes of at least 4 members (excludes halogenated alkanes) is 2. The molecule has 0 bridgehead atoms. The number of rotatable bonds is 7. The van der Waals surface area contributed by atoms with Crippen molar-refractivity contribution in [1.82, 2.24) is 4.90 Å².